The van der Waals surface area contributed by atoms with E-state index in [1.54, 1.807) is 40.5 Å². The number of piperazine rings is 1. The van der Waals surface area contributed by atoms with Crippen molar-refractivity contribution < 1.29 is 13.2 Å². The summed E-state index contributed by atoms with van der Waals surface area (Å²) in [6, 6.07) is 10.7. The molecule has 1 amide bonds. The summed E-state index contributed by atoms with van der Waals surface area (Å²) in [7, 11) is -1.52. The van der Waals surface area contributed by atoms with Gasteiger partial charge in [-0.3, -0.25) is 9.69 Å². The van der Waals surface area contributed by atoms with Gasteiger partial charge in [0, 0.05) is 56.3 Å². The highest BCUT2D eigenvalue weighted by Gasteiger charge is 2.27. The van der Waals surface area contributed by atoms with E-state index >= 15 is 0 Å². The van der Waals surface area contributed by atoms with Gasteiger partial charge in [-0.1, -0.05) is 6.07 Å². The summed E-state index contributed by atoms with van der Waals surface area (Å²) in [5, 5.41) is 2.03. The number of amides is 1. The fraction of sp³-hybridized carbons (Fsp3) is 0.476. The molecule has 2 aliphatic heterocycles. The van der Waals surface area contributed by atoms with Gasteiger partial charge < -0.3 is 9.80 Å². The standard InChI is InChI=1S/C21H28N4O3S2/c1-23-11-13-24(14-12-23)19(20-4-3-15-29-20)16-22-30(27,28)18-8-6-17(7-9-18)25-10-2-5-21(25)26/h3-4,6-9,15,19,22H,2,5,10-14,16H2,1H3. The molecule has 0 bridgehead atoms. The molecule has 162 valence electrons. The number of sulfonamides is 1. The van der Waals surface area contributed by atoms with Crippen molar-refractivity contribution in [3.63, 3.8) is 0 Å². The molecule has 2 aliphatic rings. The van der Waals surface area contributed by atoms with Gasteiger partial charge in [-0.2, -0.15) is 0 Å². The fourth-order valence-electron chi connectivity index (χ4n) is 4.02. The number of carbonyl (C=O) groups is 1. The molecule has 0 spiro atoms. The van der Waals surface area contributed by atoms with Crippen molar-refractivity contribution in [2.24, 2.45) is 0 Å². The SMILES string of the molecule is CN1CCN(C(CNS(=O)(=O)c2ccc(N3CCCC3=O)cc2)c2cccs2)CC1. The van der Waals surface area contributed by atoms with Crippen LogP contribution in [0, 0.1) is 0 Å². The number of benzene rings is 1. The first-order chi connectivity index (χ1) is 14.4. The number of hydrogen-bond donors (Lipinski definition) is 1. The predicted octanol–water partition coefficient (Wildman–Crippen LogP) is 2.14. The second-order valence-corrected chi connectivity index (χ2v) is 10.6. The van der Waals surface area contributed by atoms with E-state index in [0.717, 1.165) is 38.3 Å². The second kappa shape index (κ2) is 9.15. The van der Waals surface area contributed by atoms with E-state index in [2.05, 4.69) is 27.6 Å². The molecule has 2 aromatic rings. The summed E-state index contributed by atoms with van der Waals surface area (Å²) in [6.07, 6.45) is 1.40. The Morgan fingerprint density at radius 1 is 1.07 bits per heavy atom. The van der Waals surface area contributed by atoms with E-state index in [-0.39, 0.29) is 16.8 Å². The van der Waals surface area contributed by atoms with Gasteiger partial charge in [-0.15, -0.1) is 11.3 Å². The third-order valence-corrected chi connectivity index (χ3v) is 8.26. The summed E-state index contributed by atoms with van der Waals surface area (Å²) < 4.78 is 28.7. The van der Waals surface area contributed by atoms with Crippen molar-refractivity contribution in [1.82, 2.24) is 14.5 Å². The number of anilines is 1. The molecule has 1 aromatic carbocycles. The second-order valence-electron chi connectivity index (χ2n) is 7.87. The summed E-state index contributed by atoms with van der Waals surface area (Å²) >= 11 is 1.66. The lowest BCUT2D eigenvalue weighted by molar-refractivity contribution is -0.117. The van der Waals surface area contributed by atoms with Crippen LogP contribution in [0.5, 0.6) is 0 Å². The van der Waals surface area contributed by atoms with E-state index < -0.39 is 10.0 Å². The molecule has 0 aliphatic carbocycles. The minimum atomic E-state index is -3.64. The number of nitrogens with one attached hydrogen (secondary N) is 1. The van der Waals surface area contributed by atoms with Crippen molar-refractivity contribution >= 4 is 33.0 Å². The van der Waals surface area contributed by atoms with Crippen LogP contribution in [0.25, 0.3) is 0 Å². The van der Waals surface area contributed by atoms with Crippen molar-refractivity contribution in [2.45, 2.75) is 23.8 Å². The van der Waals surface area contributed by atoms with Gasteiger partial charge in [0.05, 0.1) is 10.9 Å². The van der Waals surface area contributed by atoms with Gasteiger partial charge >= 0.3 is 0 Å². The molecule has 4 rings (SSSR count). The molecule has 1 unspecified atom stereocenters. The largest absolute Gasteiger partial charge is 0.312 e. The van der Waals surface area contributed by atoms with Gasteiger partial charge in [0.25, 0.3) is 0 Å². The monoisotopic (exact) mass is 448 g/mol. The molecule has 9 heteroatoms. The number of likely N-dealkylation sites (N-methyl/N-ethyl adjacent to an activating group) is 1. The Labute approximate surface area is 182 Å². The van der Waals surface area contributed by atoms with Gasteiger partial charge in [0.15, 0.2) is 0 Å². The lowest BCUT2D eigenvalue weighted by Crippen LogP contribution is -2.48. The first kappa shape index (κ1) is 21.5. The molecule has 1 atom stereocenters. The van der Waals surface area contributed by atoms with Gasteiger partial charge in [0.1, 0.15) is 0 Å². The summed E-state index contributed by atoms with van der Waals surface area (Å²) in [6.45, 7) is 4.81. The Balaban J connectivity index is 1.45. The molecule has 1 aromatic heterocycles. The number of rotatable bonds is 7. The summed E-state index contributed by atoms with van der Waals surface area (Å²) in [4.78, 5) is 19.7. The lowest BCUT2D eigenvalue weighted by Gasteiger charge is -2.37. The molecular formula is C21H28N4O3S2. The molecule has 2 fully saturated rings. The van der Waals surface area contributed by atoms with Crippen LogP contribution in [-0.4, -0.2) is 70.4 Å². The lowest BCUT2D eigenvalue weighted by atomic mass is 10.2. The smallest absolute Gasteiger partial charge is 0.240 e. The first-order valence-electron chi connectivity index (χ1n) is 10.3. The van der Waals surface area contributed by atoms with E-state index in [0.29, 0.717) is 19.5 Å². The van der Waals surface area contributed by atoms with Gasteiger partial charge in [-0.25, -0.2) is 13.1 Å². The Bertz CT molecular complexity index is 953. The molecule has 7 nitrogen and oxygen atoms in total. The molecule has 3 heterocycles. The summed E-state index contributed by atoms with van der Waals surface area (Å²) in [5.41, 5.74) is 0.755. The van der Waals surface area contributed by atoms with Crippen LogP contribution >= 0.6 is 11.3 Å². The van der Waals surface area contributed by atoms with Crippen LogP contribution in [0.15, 0.2) is 46.7 Å². The maximum atomic E-state index is 12.9. The highest BCUT2D eigenvalue weighted by Crippen LogP contribution is 2.27. The molecule has 0 saturated carbocycles. The minimum Gasteiger partial charge on any atom is -0.312 e. The number of carbonyl (C=O) groups excluding carboxylic acids is 1. The molecule has 2 saturated heterocycles. The normalized spacial score (nSPS) is 20.0. The Kier molecular flexibility index (Phi) is 6.54. The van der Waals surface area contributed by atoms with Gasteiger partial charge in [0.2, 0.25) is 15.9 Å². The predicted molar refractivity (Wildman–Crippen MR) is 119 cm³/mol. The zero-order valence-corrected chi connectivity index (χ0v) is 18.8. The fourth-order valence-corrected chi connectivity index (χ4v) is 5.92. The highest BCUT2D eigenvalue weighted by atomic mass is 32.2. The maximum absolute atomic E-state index is 12.9. The average molecular weight is 449 g/mol. The maximum Gasteiger partial charge on any atom is 0.240 e. The zero-order valence-electron chi connectivity index (χ0n) is 17.2. The molecule has 1 N–H and O–H groups in total. The number of hydrogen-bond acceptors (Lipinski definition) is 6. The van der Waals surface area contributed by atoms with E-state index in [9.17, 15) is 13.2 Å². The van der Waals surface area contributed by atoms with Crippen LogP contribution in [-0.2, 0) is 14.8 Å². The first-order valence-corrected chi connectivity index (χ1v) is 12.7. The number of thiophene rings is 1. The highest BCUT2D eigenvalue weighted by molar-refractivity contribution is 7.89. The molecular weight excluding hydrogens is 420 g/mol. The minimum absolute atomic E-state index is 0.0231. The Hall–Kier alpha value is -1.78. The van der Waals surface area contributed by atoms with Crippen molar-refractivity contribution in [3.05, 3.63) is 46.7 Å². The van der Waals surface area contributed by atoms with E-state index in [1.165, 1.54) is 4.88 Å². The Morgan fingerprint density at radius 3 is 2.40 bits per heavy atom. The topological polar surface area (TPSA) is 73.0 Å². The van der Waals surface area contributed by atoms with Gasteiger partial charge in [-0.05, 0) is 49.2 Å². The van der Waals surface area contributed by atoms with Crippen LogP contribution in [0.3, 0.4) is 0 Å². The zero-order chi connectivity index (χ0) is 21.1. The van der Waals surface area contributed by atoms with Crippen LogP contribution in [0.2, 0.25) is 0 Å². The average Bonchev–Trinajstić information content (AvgIpc) is 3.42. The van der Waals surface area contributed by atoms with E-state index in [4.69, 9.17) is 0 Å². The van der Waals surface area contributed by atoms with E-state index in [1.807, 2.05) is 11.4 Å². The van der Waals surface area contributed by atoms with Crippen LogP contribution in [0.1, 0.15) is 23.8 Å². The van der Waals surface area contributed by atoms with Crippen molar-refractivity contribution in [1.29, 1.82) is 0 Å². The van der Waals surface area contributed by atoms with Crippen molar-refractivity contribution in [3.8, 4) is 0 Å². The van der Waals surface area contributed by atoms with Crippen LogP contribution < -0.4 is 9.62 Å². The molecule has 0 radical (unpaired) electrons. The summed E-state index contributed by atoms with van der Waals surface area (Å²) in [5.74, 6) is 0.0923. The quantitative estimate of drug-likeness (QED) is 0.703. The molecule has 30 heavy (non-hydrogen) atoms. The van der Waals surface area contributed by atoms with Crippen molar-refractivity contribution in [2.75, 3.05) is 51.2 Å². The number of nitrogens with zero attached hydrogens (tertiary/aromatic N) is 3. The third-order valence-electron chi connectivity index (χ3n) is 5.85. The van der Waals surface area contributed by atoms with Crippen LogP contribution in [0.4, 0.5) is 5.69 Å². The Morgan fingerprint density at radius 2 is 1.80 bits per heavy atom. The third kappa shape index (κ3) is 4.76.